The molecule has 0 aliphatic rings. The first-order valence-electron chi connectivity index (χ1n) is 4.84. The average Bonchev–Trinajstić information content (AvgIpc) is 2.62. The summed E-state index contributed by atoms with van der Waals surface area (Å²) in [4.78, 5) is 15.3. The molecule has 4 nitrogen and oxygen atoms in total. The van der Waals surface area contributed by atoms with Crippen molar-refractivity contribution < 1.29 is 4.52 Å². The summed E-state index contributed by atoms with van der Waals surface area (Å²) in [5.41, 5.74) is 0.326. The third kappa shape index (κ3) is 1.83. The molecule has 2 rings (SSSR count). The van der Waals surface area contributed by atoms with E-state index in [2.05, 4.69) is 4.98 Å². The molecule has 1 aromatic heterocycles. The van der Waals surface area contributed by atoms with Crippen molar-refractivity contribution in [2.45, 2.75) is 19.8 Å². The van der Waals surface area contributed by atoms with Crippen molar-refractivity contribution in [2.75, 3.05) is 0 Å². The SMILES string of the molecule is CC(C)c1nc(=O)n(-c2ccccc2)o1. The van der Waals surface area contributed by atoms with Gasteiger partial charge in [-0.3, -0.25) is 0 Å². The zero-order valence-electron chi connectivity index (χ0n) is 8.68. The van der Waals surface area contributed by atoms with E-state index in [0.717, 1.165) is 0 Å². The number of rotatable bonds is 2. The molecule has 0 fully saturated rings. The number of nitrogens with zero attached hydrogens (tertiary/aromatic N) is 2. The van der Waals surface area contributed by atoms with Crippen LogP contribution in [0, 0.1) is 0 Å². The van der Waals surface area contributed by atoms with Gasteiger partial charge in [-0.2, -0.15) is 4.98 Å². The van der Waals surface area contributed by atoms with Crippen LogP contribution in [0.3, 0.4) is 0 Å². The fraction of sp³-hybridized carbons (Fsp3) is 0.273. The Morgan fingerprint density at radius 3 is 2.47 bits per heavy atom. The first kappa shape index (κ1) is 9.71. The van der Waals surface area contributed by atoms with E-state index in [4.69, 9.17) is 4.52 Å². The summed E-state index contributed by atoms with van der Waals surface area (Å²) < 4.78 is 6.56. The fourth-order valence-electron chi connectivity index (χ4n) is 1.25. The molecule has 0 saturated heterocycles. The first-order chi connectivity index (χ1) is 7.18. The Labute approximate surface area is 87.1 Å². The van der Waals surface area contributed by atoms with Crippen molar-refractivity contribution in [3.63, 3.8) is 0 Å². The lowest BCUT2D eigenvalue weighted by molar-refractivity contribution is 0.301. The minimum Gasteiger partial charge on any atom is -0.354 e. The molecule has 0 radical (unpaired) electrons. The minimum atomic E-state index is -0.370. The minimum absolute atomic E-state index is 0.114. The number of aromatic nitrogens is 2. The molecule has 0 spiro atoms. The fourth-order valence-corrected chi connectivity index (χ4v) is 1.25. The van der Waals surface area contributed by atoms with Crippen LogP contribution in [0.5, 0.6) is 0 Å². The molecule has 0 N–H and O–H groups in total. The Morgan fingerprint density at radius 1 is 1.27 bits per heavy atom. The molecule has 0 unspecified atom stereocenters. The third-order valence-corrected chi connectivity index (χ3v) is 2.05. The normalized spacial score (nSPS) is 10.9. The molecule has 15 heavy (non-hydrogen) atoms. The highest BCUT2D eigenvalue weighted by Crippen LogP contribution is 2.11. The van der Waals surface area contributed by atoms with Crippen molar-refractivity contribution in [3.8, 4) is 5.69 Å². The standard InChI is InChI=1S/C11H12N2O2/c1-8(2)10-12-11(14)13(15-10)9-6-4-3-5-7-9/h3-8H,1-2H3. The number of benzene rings is 1. The molecule has 0 saturated carbocycles. The zero-order chi connectivity index (χ0) is 10.8. The maximum atomic E-state index is 11.5. The lowest BCUT2D eigenvalue weighted by atomic mass is 10.2. The lowest BCUT2D eigenvalue weighted by Crippen LogP contribution is -2.13. The van der Waals surface area contributed by atoms with Gasteiger partial charge in [0.25, 0.3) is 0 Å². The van der Waals surface area contributed by atoms with E-state index in [1.54, 1.807) is 12.1 Å². The van der Waals surface area contributed by atoms with Gasteiger partial charge in [0.15, 0.2) is 0 Å². The number of hydrogen-bond donors (Lipinski definition) is 0. The Morgan fingerprint density at radius 2 is 1.93 bits per heavy atom. The summed E-state index contributed by atoms with van der Waals surface area (Å²) in [6, 6.07) is 9.18. The Bertz CT molecular complexity index is 497. The highest BCUT2D eigenvalue weighted by Gasteiger charge is 2.11. The largest absolute Gasteiger partial charge is 0.384 e. The highest BCUT2D eigenvalue weighted by molar-refractivity contribution is 5.28. The van der Waals surface area contributed by atoms with Gasteiger partial charge in [0, 0.05) is 5.92 Å². The van der Waals surface area contributed by atoms with Crippen molar-refractivity contribution >= 4 is 0 Å². The quantitative estimate of drug-likeness (QED) is 0.751. The van der Waals surface area contributed by atoms with Gasteiger partial charge in [-0.15, -0.1) is 4.74 Å². The average molecular weight is 204 g/mol. The van der Waals surface area contributed by atoms with Gasteiger partial charge in [0.05, 0.1) is 5.69 Å². The van der Waals surface area contributed by atoms with Gasteiger partial charge in [0.1, 0.15) is 0 Å². The molecule has 2 aromatic rings. The Hall–Kier alpha value is -1.84. The van der Waals surface area contributed by atoms with E-state index in [-0.39, 0.29) is 11.6 Å². The molecule has 1 aromatic carbocycles. The van der Waals surface area contributed by atoms with E-state index >= 15 is 0 Å². The summed E-state index contributed by atoms with van der Waals surface area (Å²) in [6.45, 7) is 3.86. The van der Waals surface area contributed by atoms with Gasteiger partial charge in [-0.25, -0.2) is 4.79 Å². The molecule has 0 aliphatic carbocycles. The van der Waals surface area contributed by atoms with Gasteiger partial charge >= 0.3 is 5.69 Å². The summed E-state index contributed by atoms with van der Waals surface area (Å²) in [6.07, 6.45) is 0. The molecule has 0 bridgehead atoms. The summed E-state index contributed by atoms with van der Waals surface area (Å²) in [5.74, 6) is 0.575. The molecule has 4 heteroatoms. The van der Waals surface area contributed by atoms with E-state index < -0.39 is 0 Å². The second kappa shape index (κ2) is 3.73. The summed E-state index contributed by atoms with van der Waals surface area (Å²) in [5, 5.41) is 0. The summed E-state index contributed by atoms with van der Waals surface area (Å²) in [7, 11) is 0. The Balaban J connectivity index is 2.50. The van der Waals surface area contributed by atoms with Crippen molar-refractivity contribution in [1.82, 2.24) is 9.72 Å². The van der Waals surface area contributed by atoms with Crippen LogP contribution in [0.2, 0.25) is 0 Å². The van der Waals surface area contributed by atoms with Crippen molar-refractivity contribution in [2.24, 2.45) is 0 Å². The van der Waals surface area contributed by atoms with E-state index in [9.17, 15) is 4.79 Å². The van der Waals surface area contributed by atoms with E-state index in [0.29, 0.717) is 11.6 Å². The summed E-state index contributed by atoms with van der Waals surface area (Å²) >= 11 is 0. The number of para-hydroxylation sites is 1. The van der Waals surface area contributed by atoms with Crippen LogP contribution in [0.15, 0.2) is 39.6 Å². The van der Waals surface area contributed by atoms with Crippen LogP contribution >= 0.6 is 0 Å². The Kier molecular flexibility index (Phi) is 2.41. The molecule has 0 atom stereocenters. The predicted molar refractivity (Wildman–Crippen MR) is 56.2 cm³/mol. The molecular weight excluding hydrogens is 192 g/mol. The topological polar surface area (TPSA) is 48.0 Å². The lowest BCUT2D eigenvalue weighted by Gasteiger charge is -1.98. The smallest absolute Gasteiger partial charge is 0.354 e. The van der Waals surface area contributed by atoms with Crippen LogP contribution in [-0.4, -0.2) is 9.72 Å². The molecule has 0 amide bonds. The zero-order valence-corrected chi connectivity index (χ0v) is 8.68. The van der Waals surface area contributed by atoms with E-state index in [1.807, 2.05) is 32.0 Å². The molecule has 0 aliphatic heterocycles. The van der Waals surface area contributed by atoms with Gasteiger partial charge < -0.3 is 4.52 Å². The van der Waals surface area contributed by atoms with Gasteiger partial charge in [0.2, 0.25) is 5.89 Å². The second-order valence-corrected chi connectivity index (χ2v) is 3.61. The van der Waals surface area contributed by atoms with Crippen LogP contribution < -0.4 is 5.69 Å². The maximum absolute atomic E-state index is 11.5. The van der Waals surface area contributed by atoms with Crippen molar-refractivity contribution in [3.05, 3.63) is 46.7 Å². The predicted octanol–water partition coefficient (Wildman–Crippen LogP) is 1.95. The first-order valence-corrected chi connectivity index (χ1v) is 4.84. The maximum Gasteiger partial charge on any atom is 0.384 e. The monoisotopic (exact) mass is 204 g/mol. The van der Waals surface area contributed by atoms with Crippen molar-refractivity contribution in [1.29, 1.82) is 0 Å². The van der Waals surface area contributed by atoms with Gasteiger partial charge in [-0.1, -0.05) is 32.0 Å². The molecule has 1 heterocycles. The van der Waals surface area contributed by atoms with Crippen LogP contribution in [0.1, 0.15) is 25.7 Å². The molecule has 78 valence electrons. The van der Waals surface area contributed by atoms with Gasteiger partial charge in [-0.05, 0) is 12.1 Å². The third-order valence-electron chi connectivity index (χ3n) is 2.05. The highest BCUT2D eigenvalue weighted by atomic mass is 16.5. The molecular formula is C11H12N2O2. The van der Waals surface area contributed by atoms with Crippen LogP contribution in [0.4, 0.5) is 0 Å². The van der Waals surface area contributed by atoms with Crippen LogP contribution in [-0.2, 0) is 0 Å². The number of hydrogen-bond acceptors (Lipinski definition) is 3. The second-order valence-electron chi connectivity index (χ2n) is 3.61. The van der Waals surface area contributed by atoms with Crippen LogP contribution in [0.25, 0.3) is 5.69 Å². The van der Waals surface area contributed by atoms with E-state index in [1.165, 1.54) is 4.74 Å².